The van der Waals surface area contributed by atoms with Gasteiger partial charge in [-0.1, -0.05) is 12.1 Å². The monoisotopic (exact) mass is 370 g/mol. The Morgan fingerprint density at radius 3 is 2.52 bits per heavy atom. The first-order chi connectivity index (χ1) is 12.6. The van der Waals surface area contributed by atoms with Crippen LogP contribution in [0.4, 0.5) is 11.4 Å². The van der Waals surface area contributed by atoms with Crippen molar-refractivity contribution < 1.29 is 19.1 Å². The van der Waals surface area contributed by atoms with Crippen molar-refractivity contribution in [1.29, 1.82) is 0 Å². The number of nitrogens with zero attached hydrogens (tertiary/aromatic N) is 3. The number of carbonyl (C=O) groups is 3. The first-order valence-electron chi connectivity index (χ1n) is 8.55. The maximum atomic E-state index is 12.9. The van der Waals surface area contributed by atoms with Crippen LogP contribution in [0.25, 0.3) is 0 Å². The molecule has 8 heteroatoms. The number of para-hydroxylation sites is 2. The van der Waals surface area contributed by atoms with Gasteiger partial charge in [0.05, 0.1) is 17.1 Å². The summed E-state index contributed by atoms with van der Waals surface area (Å²) in [5.41, 5.74) is 1.54. The maximum absolute atomic E-state index is 12.9. The van der Waals surface area contributed by atoms with Crippen LogP contribution in [0.2, 0.25) is 0 Å². The van der Waals surface area contributed by atoms with Gasteiger partial charge in [0.1, 0.15) is 11.1 Å². The molecule has 0 spiro atoms. The predicted octanol–water partition coefficient (Wildman–Crippen LogP) is 1.96. The molecule has 0 unspecified atom stereocenters. The first-order valence-corrected chi connectivity index (χ1v) is 8.55. The Bertz CT molecular complexity index is 945. The standard InChI is InChI=1S/C19H22N4O4/c1-11-16(12(2)22(5)21-11)17(25)27-10-15(24)23-14-9-7-6-8-13(14)20-18(26)19(23,3)4/h6-9H,10H2,1-5H3,(H,20,26). The molecule has 0 saturated heterocycles. The lowest BCUT2D eigenvalue weighted by Crippen LogP contribution is -2.59. The number of ether oxygens (including phenoxy) is 1. The molecule has 0 saturated carbocycles. The normalized spacial score (nSPS) is 15.1. The van der Waals surface area contributed by atoms with Crippen molar-refractivity contribution in [1.82, 2.24) is 9.78 Å². The number of benzene rings is 1. The molecule has 2 heterocycles. The molecule has 1 N–H and O–H groups in total. The highest BCUT2D eigenvalue weighted by Crippen LogP contribution is 2.36. The van der Waals surface area contributed by atoms with Crippen molar-refractivity contribution in [2.75, 3.05) is 16.8 Å². The van der Waals surface area contributed by atoms with Gasteiger partial charge in [0.2, 0.25) is 5.91 Å². The van der Waals surface area contributed by atoms with Crippen molar-refractivity contribution in [3.05, 3.63) is 41.2 Å². The number of amides is 2. The van der Waals surface area contributed by atoms with Gasteiger partial charge in [-0.3, -0.25) is 19.2 Å². The Morgan fingerprint density at radius 1 is 1.22 bits per heavy atom. The van der Waals surface area contributed by atoms with Gasteiger partial charge in [0.15, 0.2) is 6.61 Å². The van der Waals surface area contributed by atoms with Crippen LogP contribution >= 0.6 is 0 Å². The number of esters is 1. The molecule has 1 aromatic carbocycles. The highest BCUT2D eigenvalue weighted by atomic mass is 16.5. The fraction of sp³-hybridized carbons (Fsp3) is 0.368. The third kappa shape index (κ3) is 3.07. The van der Waals surface area contributed by atoms with Crippen LogP contribution in [-0.2, 0) is 21.4 Å². The van der Waals surface area contributed by atoms with E-state index in [1.165, 1.54) is 4.90 Å². The third-order valence-corrected chi connectivity index (χ3v) is 4.80. The molecule has 3 rings (SSSR count). The smallest absolute Gasteiger partial charge is 0.342 e. The number of nitrogens with one attached hydrogen (secondary N) is 1. The summed E-state index contributed by atoms with van der Waals surface area (Å²) in [6.07, 6.45) is 0. The Balaban J connectivity index is 1.83. The Labute approximate surface area is 157 Å². The zero-order chi connectivity index (χ0) is 19.9. The van der Waals surface area contributed by atoms with E-state index in [0.717, 1.165) is 0 Å². The molecule has 0 radical (unpaired) electrons. The molecule has 27 heavy (non-hydrogen) atoms. The minimum Gasteiger partial charge on any atom is -0.452 e. The minimum atomic E-state index is -1.11. The van der Waals surface area contributed by atoms with E-state index in [2.05, 4.69) is 10.4 Å². The Kier molecular flexibility index (Phi) is 4.51. The Morgan fingerprint density at radius 2 is 1.89 bits per heavy atom. The second-order valence-corrected chi connectivity index (χ2v) is 7.00. The number of hydrogen-bond donors (Lipinski definition) is 1. The number of carbonyl (C=O) groups excluding carboxylic acids is 3. The van der Waals surface area contributed by atoms with E-state index in [4.69, 9.17) is 4.74 Å². The van der Waals surface area contributed by atoms with E-state index in [9.17, 15) is 14.4 Å². The molecule has 2 aromatic rings. The number of aryl methyl sites for hydroxylation is 2. The number of hydrogen-bond acceptors (Lipinski definition) is 5. The zero-order valence-corrected chi connectivity index (χ0v) is 16.0. The highest BCUT2D eigenvalue weighted by molar-refractivity contribution is 6.14. The van der Waals surface area contributed by atoms with Gasteiger partial charge in [-0.05, 0) is 39.8 Å². The first kappa shape index (κ1) is 18.6. The van der Waals surface area contributed by atoms with Crippen molar-refractivity contribution >= 4 is 29.2 Å². The summed E-state index contributed by atoms with van der Waals surface area (Å²) < 4.78 is 6.83. The van der Waals surface area contributed by atoms with Crippen molar-refractivity contribution in [3.8, 4) is 0 Å². The summed E-state index contributed by atoms with van der Waals surface area (Å²) in [6, 6.07) is 7.01. The van der Waals surface area contributed by atoms with E-state index in [-0.39, 0.29) is 5.91 Å². The van der Waals surface area contributed by atoms with E-state index in [1.54, 1.807) is 63.7 Å². The van der Waals surface area contributed by atoms with Gasteiger partial charge in [0, 0.05) is 12.7 Å². The van der Waals surface area contributed by atoms with E-state index in [0.29, 0.717) is 28.3 Å². The second kappa shape index (κ2) is 6.53. The van der Waals surface area contributed by atoms with Crippen molar-refractivity contribution in [2.24, 2.45) is 7.05 Å². The fourth-order valence-corrected chi connectivity index (χ4v) is 3.23. The number of aromatic nitrogens is 2. The van der Waals surface area contributed by atoms with Crippen LogP contribution in [0.1, 0.15) is 35.6 Å². The van der Waals surface area contributed by atoms with Crippen molar-refractivity contribution in [2.45, 2.75) is 33.2 Å². The van der Waals surface area contributed by atoms with Gasteiger partial charge >= 0.3 is 5.97 Å². The maximum Gasteiger partial charge on any atom is 0.342 e. The quantitative estimate of drug-likeness (QED) is 0.834. The summed E-state index contributed by atoms with van der Waals surface area (Å²) in [6.45, 7) is 6.28. The van der Waals surface area contributed by atoms with E-state index in [1.807, 2.05) is 0 Å². The van der Waals surface area contributed by atoms with Crippen LogP contribution < -0.4 is 10.2 Å². The third-order valence-electron chi connectivity index (χ3n) is 4.80. The highest BCUT2D eigenvalue weighted by Gasteiger charge is 2.43. The molecule has 142 valence electrons. The van der Waals surface area contributed by atoms with Gasteiger partial charge in [-0.2, -0.15) is 5.10 Å². The van der Waals surface area contributed by atoms with Crippen LogP contribution in [-0.4, -0.2) is 39.7 Å². The molecule has 1 aliphatic heterocycles. The molecule has 0 aliphatic carbocycles. The van der Waals surface area contributed by atoms with Crippen LogP contribution in [0.15, 0.2) is 24.3 Å². The van der Waals surface area contributed by atoms with Crippen LogP contribution in [0.5, 0.6) is 0 Å². The summed E-state index contributed by atoms with van der Waals surface area (Å²) in [7, 11) is 1.73. The second-order valence-electron chi connectivity index (χ2n) is 7.00. The number of fused-ring (bicyclic) bond motifs is 1. The largest absolute Gasteiger partial charge is 0.452 e. The average Bonchev–Trinajstić information content (AvgIpc) is 2.85. The molecular formula is C19H22N4O4. The molecule has 0 bridgehead atoms. The average molecular weight is 370 g/mol. The summed E-state index contributed by atoms with van der Waals surface area (Å²) in [4.78, 5) is 39.1. The molecule has 1 aliphatic rings. The Hall–Kier alpha value is -3.16. The minimum absolute atomic E-state index is 0.306. The zero-order valence-electron chi connectivity index (χ0n) is 16.0. The van der Waals surface area contributed by atoms with Crippen molar-refractivity contribution in [3.63, 3.8) is 0 Å². The van der Waals surface area contributed by atoms with E-state index >= 15 is 0 Å². The van der Waals surface area contributed by atoms with Gasteiger partial charge in [-0.15, -0.1) is 0 Å². The topological polar surface area (TPSA) is 93.5 Å². The molecule has 0 fully saturated rings. The summed E-state index contributed by atoms with van der Waals surface area (Å²) in [5.74, 6) is -1.39. The number of rotatable bonds is 3. The summed E-state index contributed by atoms with van der Waals surface area (Å²) >= 11 is 0. The lowest BCUT2D eigenvalue weighted by atomic mass is 9.96. The summed E-state index contributed by atoms with van der Waals surface area (Å²) in [5, 5.41) is 6.97. The molecule has 2 amide bonds. The van der Waals surface area contributed by atoms with E-state index < -0.39 is 24.0 Å². The SMILES string of the molecule is Cc1nn(C)c(C)c1C(=O)OCC(=O)N1c2ccccc2NC(=O)C1(C)C. The van der Waals surface area contributed by atoms with Crippen LogP contribution in [0.3, 0.4) is 0 Å². The number of anilines is 2. The van der Waals surface area contributed by atoms with Crippen LogP contribution in [0, 0.1) is 13.8 Å². The van der Waals surface area contributed by atoms with Gasteiger partial charge in [-0.25, -0.2) is 4.79 Å². The lowest BCUT2D eigenvalue weighted by Gasteiger charge is -2.41. The molecular weight excluding hydrogens is 348 g/mol. The lowest BCUT2D eigenvalue weighted by molar-refractivity contribution is -0.128. The predicted molar refractivity (Wildman–Crippen MR) is 99.6 cm³/mol. The molecule has 8 nitrogen and oxygen atoms in total. The molecule has 1 aromatic heterocycles. The van der Waals surface area contributed by atoms with Gasteiger partial charge < -0.3 is 10.1 Å². The van der Waals surface area contributed by atoms with Gasteiger partial charge in [0.25, 0.3) is 5.91 Å². The fourth-order valence-electron chi connectivity index (χ4n) is 3.23. The molecule has 0 atom stereocenters.